The summed E-state index contributed by atoms with van der Waals surface area (Å²) < 4.78 is 0. The fourth-order valence-electron chi connectivity index (χ4n) is 2.95. The lowest BCUT2D eigenvalue weighted by Gasteiger charge is -2.38. The van der Waals surface area contributed by atoms with Gasteiger partial charge in [0.15, 0.2) is 0 Å². The molecule has 2 rings (SSSR count). The number of carbonyl (C=O) groups is 2. The minimum absolute atomic E-state index is 0.00536. The summed E-state index contributed by atoms with van der Waals surface area (Å²) in [6.45, 7) is 7.94. The summed E-state index contributed by atoms with van der Waals surface area (Å²) in [5.41, 5.74) is 0.427. The number of hydrogen-bond donors (Lipinski definition) is 0. The van der Waals surface area contributed by atoms with Crippen LogP contribution in [0.25, 0.3) is 0 Å². The van der Waals surface area contributed by atoms with Crippen molar-refractivity contribution < 1.29 is 9.59 Å². The van der Waals surface area contributed by atoms with Crippen molar-refractivity contribution in [2.45, 2.75) is 39.9 Å². The summed E-state index contributed by atoms with van der Waals surface area (Å²) in [6, 6.07) is 8.71. The highest BCUT2D eigenvalue weighted by molar-refractivity contribution is 5.99. The van der Waals surface area contributed by atoms with Gasteiger partial charge in [0.05, 0.1) is 0 Å². The van der Waals surface area contributed by atoms with Crippen molar-refractivity contribution in [1.82, 2.24) is 9.80 Å². The number of rotatable bonds is 1. The molecule has 0 spiro atoms. The fourth-order valence-corrected chi connectivity index (χ4v) is 2.95. The molecule has 2 atom stereocenters. The van der Waals surface area contributed by atoms with Gasteiger partial charge in [-0.15, -0.1) is 0 Å². The summed E-state index contributed by atoms with van der Waals surface area (Å²) in [5, 5.41) is 0. The smallest absolute Gasteiger partial charge is 0.256 e. The van der Waals surface area contributed by atoms with E-state index in [0.717, 1.165) is 0 Å². The van der Waals surface area contributed by atoms with E-state index in [4.69, 9.17) is 0 Å². The molecular weight excluding hydrogens is 252 g/mol. The number of benzene rings is 1. The zero-order valence-corrected chi connectivity index (χ0v) is 12.8. The molecule has 0 bridgehead atoms. The lowest BCUT2D eigenvalue weighted by atomic mass is 9.90. The maximum Gasteiger partial charge on any atom is 0.256 e. The van der Waals surface area contributed by atoms with Crippen LogP contribution < -0.4 is 0 Å². The van der Waals surface area contributed by atoms with Crippen LogP contribution in [0.3, 0.4) is 0 Å². The Morgan fingerprint density at radius 2 is 1.70 bits per heavy atom. The third-order valence-corrected chi connectivity index (χ3v) is 3.78. The monoisotopic (exact) mass is 274 g/mol. The van der Waals surface area contributed by atoms with Gasteiger partial charge < -0.3 is 9.80 Å². The van der Waals surface area contributed by atoms with Gasteiger partial charge in [0.25, 0.3) is 5.91 Å². The van der Waals surface area contributed by atoms with Gasteiger partial charge in [-0.2, -0.15) is 0 Å². The van der Waals surface area contributed by atoms with Crippen molar-refractivity contribution >= 4 is 11.8 Å². The van der Waals surface area contributed by atoms with Crippen LogP contribution in [0.15, 0.2) is 30.3 Å². The van der Waals surface area contributed by atoms with Gasteiger partial charge in [0.2, 0.25) is 5.91 Å². The first-order chi connectivity index (χ1) is 9.25. The van der Waals surface area contributed by atoms with Crippen LogP contribution in [0, 0.1) is 5.41 Å². The SMILES string of the molecule is C[C@@H]1C(=O)N(C)[C@H](C(C)(C)C)N1C(=O)c1ccccc1. The second-order valence-corrected chi connectivity index (χ2v) is 6.44. The third kappa shape index (κ3) is 2.30. The Hall–Kier alpha value is -1.84. The highest BCUT2D eigenvalue weighted by Gasteiger charge is 2.49. The van der Waals surface area contributed by atoms with Crippen molar-refractivity contribution in [3.8, 4) is 0 Å². The van der Waals surface area contributed by atoms with E-state index in [1.807, 2.05) is 39.0 Å². The second kappa shape index (κ2) is 4.93. The molecule has 0 radical (unpaired) electrons. The van der Waals surface area contributed by atoms with E-state index in [-0.39, 0.29) is 23.4 Å². The van der Waals surface area contributed by atoms with Crippen molar-refractivity contribution in [2.24, 2.45) is 5.41 Å². The maximum absolute atomic E-state index is 12.8. The Morgan fingerprint density at radius 3 is 2.20 bits per heavy atom. The Balaban J connectivity index is 2.42. The molecule has 0 aromatic heterocycles. The molecule has 1 aliphatic heterocycles. The van der Waals surface area contributed by atoms with E-state index in [9.17, 15) is 9.59 Å². The summed E-state index contributed by atoms with van der Waals surface area (Å²) in [7, 11) is 1.77. The zero-order chi connectivity index (χ0) is 15.1. The Bertz CT molecular complexity index is 519. The van der Waals surface area contributed by atoms with Crippen molar-refractivity contribution in [2.75, 3.05) is 7.05 Å². The molecule has 108 valence electrons. The van der Waals surface area contributed by atoms with Crippen molar-refractivity contribution in [3.05, 3.63) is 35.9 Å². The lowest BCUT2D eigenvalue weighted by molar-refractivity contribution is -0.129. The number of hydrogen-bond acceptors (Lipinski definition) is 2. The van der Waals surface area contributed by atoms with Crippen LogP contribution >= 0.6 is 0 Å². The highest BCUT2D eigenvalue weighted by Crippen LogP contribution is 2.34. The zero-order valence-electron chi connectivity index (χ0n) is 12.8. The molecule has 0 unspecified atom stereocenters. The van der Waals surface area contributed by atoms with Gasteiger partial charge in [-0.1, -0.05) is 39.0 Å². The molecule has 20 heavy (non-hydrogen) atoms. The summed E-state index contributed by atoms with van der Waals surface area (Å²) >= 11 is 0. The molecule has 1 fully saturated rings. The molecule has 1 aromatic rings. The molecule has 1 heterocycles. The first kappa shape index (κ1) is 14.6. The molecule has 0 N–H and O–H groups in total. The van der Waals surface area contributed by atoms with E-state index in [2.05, 4.69) is 0 Å². The Labute approximate surface area is 120 Å². The van der Waals surface area contributed by atoms with Gasteiger partial charge in [-0.25, -0.2) is 0 Å². The number of likely N-dealkylation sites (N-methyl/N-ethyl adjacent to an activating group) is 1. The van der Waals surface area contributed by atoms with Crippen LogP contribution in [-0.4, -0.2) is 40.9 Å². The molecule has 1 saturated heterocycles. The first-order valence-electron chi connectivity index (χ1n) is 6.89. The predicted molar refractivity (Wildman–Crippen MR) is 78.1 cm³/mol. The van der Waals surface area contributed by atoms with Gasteiger partial charge in [-0.05, 0) is 19.1 Å². The van der Waals surface area contributed by atoms with E-state index in [1.54, 1.807) is 35.9 Å². The molecular formula is C16H22N2O2. The van der Waals surface area contributed by atoms with Crippen LogP contribution in [-0.2, 0) is 4.79 Å². The van der Waals surface area contributed by atoms with Gasteiger partial charge in [-0.3, -0.25) is 9.59 Å². The topological polar surface area (TPSA) is 40.6 Å². The second-order valence-electron chi connectivity index (χ2n) is 6.44. The quantitative estimate of drug-likeness (QED) is 0.789. The fraction of sp³-hybridized carbons (Fsp3) is 0.500. The average molecular weight is 274 g/mol. The number of amides is 2. The minimum atomic E-state index is -0.420. The first-order valence-corrected chi connectivity index (χ1v) is 6.89. The molecule has 0 aliphatic carbocycles. The van der Waals surface area contributed by atoms with Crippen LogP contribution in [0.4, 0.5) is 0 Å². The van der Waals surface area contributed by atoms with Gasteiger partial charge in [0.1, 0.15) is 12.2 Å². The van der Waals surface area contributed by atoms with E-state index >= 15 is 0 Å². The highest BCUT2D eigenvalue weighted by atomic mass is 16.2. The molecule has 4 heteroatoms. The molecule has 1 aliphatic rings. The maximum atomic E-state index is 12.8. The molecule has 2 amide bonds. The van der Waals surface area contributed by atoms with Crippen molar-refractivity contribution in [1.29, 1.82) is 0 Å². The molecule has 1 aromatic carbocycles. The molecule has 0 saturated carbocycles. The van der Waals surface area contributed by atoms with Crippen LogP contribution in [0.1, 0.15) is 38.1 Å². The van der Waals surface area contributed by atoms with Crippen LogP contribution in [0.5, 0.6) is 0 Å². The summed E-state index contributed by atoms with van der Waals surface area (Å²) in [6.07, 6.45) is -0.224. The van der Waals surface area contributed by atoms with E-state index in [1.165, 1.54) is 0 Å². The van der Waals surface area contributed by atoms with Crippen molar-refractivity contribution in [3.63, 3.8) is 0 Å². The lowest BCUT2D eigenvalue weighted by Crippen LogP contribution is -2.50. The standard InChI is InChI=1S/C16H22N2O2/c1-11-13(19)17(5)15(16(2,3)4)18(11)14(20)12-9-7-6-8-10-12/h6-11,15H,1-5H3/t11-,15+/m1/s1. The molecule has 4 nitrogen and oxygen atoms in total. The van der Waals surface area contributed by atoms with Gasteiger partial charge in [0, 0.05) is 18.0 Å². The van der Waals surface area contributed by atoms with Gasteiger partial charge >= 0.3 is 0 Å². The Kier molecular flexibility index (Phi) is 3.59. The number of carbonyl (C=O) groups excluding carboxylic acids is 2. The minimum Gasteiger partial charge on any atom is -0.323 e. The Morgan fingerprint density at radius 1 is 1.15 bits per heavy atom. The average Bonchev–Trinajstić information content (AvgIpc) is 2.63. The largest absolute Gasteiger partial charge is 0.323 e. The van der Waals surface area contributed by atoms with E-state index in [0.29, 0.717) is 5.56 Å². The van der Waals surface area contributed by atoms with E-state index < -0.39 is 6.04 Å². The normalized spacial score (nSPS) is 23.4. The predicted octanol–water partition coefficient (Wildman–Crippen LogP) is 2.36. The summed E-state index contributed by atoms with van der Waals surface area (Å²) in [5.74, 6) is -0.0927. The third-order valence-electron chi connectivity index (χ3n) is 3.78. The van der Waals surface area contributed by atoms with Crippen LogP contribution in [0.2, 0.25) is 0 Å². The number of nitrogens with zero attached hydrogens (tertiary/aromatic N) is 2. The summed E-state index contributed by atoms with van der Waals surface area (Å²) in [4.78, 5) is 28.4.